The summed E-state index contributed by atoms with van der Waals surface area (Å²) in [6.45, 7) is 9.25. The monoisotopic (exact) mass is 221 g/mol. The second kappa shape index (κ2) is 5.90. The van der Waals surface area contributed by atoms with E-state index >= 15 is 0 Å². The smallest absolute Gasteiger partial charge is 0.122 e. The normalized spacial score (nSPS) is 12.6. The molecule has 0 fully saturated rings. The van der Waals surface area contributed by atoms with Crippen molar-refractivity contribution in [3.05, 3.63) is 28.8 Å². The molecule has 0 spiro atoms. The van der Waals surface area contributed by atoms with E-state index in [0.717, 1.165) is 18.8 Å². The fourth-order valence-electron chi connectivity index (χ4n) is 1.75. The highest BCUT2D eigenvalue weighted by atomic mass is 16.5. The van der Waals surface area contributed by atoms with Crippen molar-refractivity contribution >= 4 is 0 Å². The summed E-state index contributed by atoms with van der Waals surface area (Å²) in [6, 6.07) is 4.74. The minimum Gasteiger partial charge on any atom is -0.492 e. The minimum atomic E-state index is 0.431. The first-order valence-corrected chi connectivity index (χ1v) is 5.96. The highest BCUT2D eigenvalue weighted by Gasteiger charge is 2.07. The van der Waals surface area contributed by atoms with Crippen molar-refractivity contribution in [3.63, 3.8) is 0 Å². The van der Waals surface area contributed by atoms with Gasteiger partial charge in [-0.2, -0.15) is 0 Å². The van der Waals surface area contributed by atoms with Crippen LogP contribution < -0.4 is 10.1 Å². The predicted molar refractivity (Wildman–Crippen MR) is 69.3 cm³/mol. The first-order valence-electron chi connectivity index (χ1n) is 5.96. The zero-order chi connectivity index (χ0) is 12.1. The van der Waals surface area contributed by atoms with Gasteiger partial charge in [0.2, 0.25) is 0 Å². The van der Waals surface area contributed by atoms with Gasteiger partial charge in [-0.1, -0.05) is 13.0 Å². The Hall–Kier alpha value is -1.02. The molecule has 0 aliphatic carbocycles. The average Bonchev–Trinajstić information content (AvgIpc) is 2.26. The summed E-state index contributed by atoms with van der Waals surface area (Å²) in [5.41, 5.74) is 3.81. The molecule has 0 aliphatic heterocycles. The second-order valence-electron chi connectivity index (χ2n) is 4.41. The van der Waals surface area contributed by atoms with Crippen LogP contribution in [0.25, 0.3) is 0 Å². The Morgan fingerprint density at radius 3 is 2.50 bits per heavy atom. The third-order valence-corrected chi connectivity index (χ3v) is 3.11. The lowest BCUT2D eigenvalue weighted by atomic mass is 10.1. The fourth-order valence-corrected chi connectivity index (χ4v) is 1.75. The van der Waals surface area contributed by atoms with Crippen LogP contribution in [0, 0.1) is 20.8 Å². The van der Waals surface area contributed by atoms with E-state index in [0.29, 0.717) is 6.04 Å². The maximum Gasteiger partial charge on any atom is 0.122 e. The number of nitrogens with one attached hydrogen (secondary N) is 1. The summed E-state index contributed by atoms with van der Waals surface area (Å²) in [6.07, 6.45) is 1.08. The largest absolute Gasteiger partial charge is 0.492 e. The van der Waals surface area contributed by atoms with E-state index < -0.39 is 0 Å². The average molecular weight is 221 g/mol. The Morgan fingerprint density at radius 2 is 1.94 bits per heavy atom. The van der Waals surface area contributed by atoms with Crippen LogP contribution in [0.5, 0.6) is 5.75 Å². The molecule has 16 heavy (non-hydrogen) atoms. The van der Waals surface area contributed by atoms with Crippen LogP contribution in [0.4, 0.5) is 0 Å². The van der Waals surface area contributed by atoms with Gasteiger partial charge < -0.3 is 10.1 Å². The number of ether oxygens (including phenoxy) is 1. The van der Waals surface area contributed by atoms with Gasteiger partial charge in [0.25, 0.3) is 0 Å². The summed E-state index contributed by atoms with van der Waals surface area (Å²) in [5, 5.41) is 3.25. The van der Waals surface area contributed by atoms with Crippen LogP contribution in [0.3, 0.4) is 0 Å². The molecule has 1 atom stereocenters. The molecule has 1 aromatic rings. The van der Waals surface area contributed by atoms with Crippen molar-refractivity contribution in [1.82, 2.24) is 5.32 Å². The van der Waals surface area contributed by atoms with Gasteiger partial charge in [-0.05, 0) is 57.0 Å². The summed E-state index contributed by atoms with van der Waals surface area (Å²) in [7, 11) is 1.98. The highest BCUT2D eigenvalue weighted by Crippen LogP contribution is 2.23. The van der Waals surface area contributed by atoms with Crippen molar-refractivity contribution in [2.24, 2.45) is 0 Å². The van der Waals surface area contributed by atoms with Crippen molar-refractivity contribution in [2.45, 2.75) is 40.2 Å². The lowest BCUT2D eigenvalue weighted by Gasteiger charge is -2.17. The first-order chi connectivity index (χ1) is 7.58. The van der Waals surface area contributed by atoms with E-state index in [1.165, 1.54) is 16.7 Å². The number of aryl methyl sites for hydroxylation is 2. The maximum absolute atomic E-state index is 5.88. The molecule has 1 rings (SSSR count). The van der Waals surface area contributed by atoms with E-state index in [9.17, 15) is 0 Å². The molecule has 2 nitrogen and oxygen atoms in total. The van der Waals surface area contributed by atoms with Crippen molar-refractivity contribution < 1.29 is 4.74 Å². The molecule has 1 unspecified atom stereocenters. The standard InChI is InChI=1S/C14H23NO/c1-6-13(15-5)9-16-14-8-10(2)7-11(3)12(14)4/h7-8,13,15H,6,9H2,1-5H3. The Kier molecular flexibility index (Phi) is 4.81. The molecule has 2 heteroatoms. The van der Waals surface area contributed by atoms with Gasteiger partial charge in [0.05, 0.1) is 0 Å². The number of rotatable bonds is 5. The molecule has 0 saturated carbocycles. The predicted octanol–water partition coefficient (Wildman–Crippen LogP) is 2.99. The Balaban J connectivity index is 2.73. The first kappa shape index (κ1) is 13.0. The molecular formula is C14H23NO. The molecule has 1 aromatic carbocycles. The molecule has 0 heterocycles. The lowest BCUT2D eigenvalue weighted by molar-refractivity contribution is 0.265. The van der Waals surface area contributed by atoms with Crippen molar-refractivity contribution in [2.75, 3.05) is 13.7 Å². The summed E-state index contributed by atoms with van der Waals surface area (Å²) >= 11 is 0. The minimum absolute atomic E-state index is 0.431. The van der Waals surface area contributed by atoms with Crippen LogP contribution in [-0.4, -0.2) is 19.7 Å². The van der Waals surface area contributed by atoms with Crippen LogP contribution >= 0.6 is 0 Å². The molecule has 1 N–H and O–H groups in total. The van der Waals surface area contributed by atoms with Crippen LogP contribution in [-0.2, 0) is 0 Å². The zero-order valence-corrected chi connectivity index (χ0v) is 11.1. The Morgan fingerprint density at radius 1 is 1.25 bits per heavy atom. The van der Waals surface area contributed by atoms with Crippen LogP contribution in [0.2, 0.25) is 0 Å². The van der Waals surface area contributed by atoms with Crippen LogP contribution in [0.15, 0.2) is 12.1 Å². The summed E-state index contributed by atoms with van der Waals surface area (Å²) < 4.78 is 5.88. The second-order valence-corrected chi connectivity index (χ2v) is 4.41. The van der Waals surface area contributed by atoms with E-state index in [-0.39, 0.29) is 0 Å². The number of benzene rings is 1. The summed E-state index contributed by atoms with van der Waals surface area (Å²) in [4.78, 5) is 0. The van der Waals surface area contributed by atoms with E-state index in [1.807, 2.05) is 7.05 Å². The topological polar surface area (TPSA) is 21.3 Å². The number of hydrogen-bond donors (Lipinski definition) is 1. The van der Waals surface area contributed by atoms with Gasteiger partial charge in [-0.15, -0.1) is 0 Å². The third kappa shape index (κ3) is 3.24. The van der Waals surface area contributed by atoms with Gasteiger partial charge >= 0.3 is 0 Å². The molecule has 0 bridgehead atoms. The third-order valence-electron chi connectivity index (χ3n) is 3.11. The SMILES string of the molecule is CCC(COc1cc(C)cc(C)c1C)NC. The van der Waals surface area contributed by atoms with Gasteiger partial charge in [0.15, 0.2) is 0 Å². The van der Waals surface area contributed by atoms with Crippen LogP contribution in [0.1, 0.15) is 30.0 Å². The maximum atomic E-state index is 5.88. The van der Waals surface area contributed by atoms with Gasteiger partial charge in [0, 0.05) is 6.04 Å². The highest BCUT2D eigenvalue weighted by molar-refractivity contribution is 5.41. The number of likely N-dealkylation sites (N-methyl/N-ethyl adjacent to an activating group) is 1. The van der Waals surface area contributed by atoms with E-state index in [2.05, 4.69) is 45.1 Å². The van der Waals surface area contributed by atoms with E-state index in [1.54, 1.807) is 0 Å². The van der Waals surface area contributed by atoms with Crippen molar-refractivity contribution in [3.8, 4) is 5.75 Å². The van der Waals surface area contributed by atoms with Gasteiger partial charge in [0.1, 0.15) is 12.4 Å². The molecule has 0 amide bonds. The van der Waals surface area contributed by atoms with Gasteiger partial charge in [-0.3, -0.25) is 0 Å². The zero-order valence-electron chi connectivity index (χ0n) is 11.1. The van der Waals surface area contributed by atoms with Crippen molar-refractivity contribution in [1.29, 1.82) is 0 Å². The lowest BCUT2D eigenvalue weighted by Crippen LogP contribution is -2.30. The van der Waals surface area contributed by atoms with E-state index in [4.69, 9.17) is 4.74 Å². The van der Waals surface area contributed by atoms with Gasteiger partial charge in [-0.25, -0.2) is 0 Å². The molecular weight excluding hydrogens is 198 g/mol. The summed E-state index contributed by atoms with van der Waals surface area (Å²) in [5.74, 6) is 1.02. The molecule has 0 radical (unpaired) electrons. The Bertz CT molecular complexity index is 343. The molecule has 0 aliphatic rings. The molecule has 0 saturated heterocycles. The quantitative estimate of drug-likeness (QED) is 0.825. The number of hydrogen-bond acceptors (Lipinski definition) is 2. The fraction of sp³-hybridized carbons (Fsp3) is 0.571. The molecule has 90 valence electrons. The molecule has 0 aromatic heterocycles. The Labute approximate surface area is 99.0 Å².